The van der Waals surface area contributed by atoms with Crippen LogP contribution in [-0.2, 0) is 0 Å². The number of hydrogen-bond acceptors (Lipinski definition) is 3. The zero-order valence-electron chi connectivity index (χ0n) is 26.7. The molecule has 4 nitrogen and oxygen atoms in total. The lowest BCUT2D eigenvalue weighted by atomic mass is 9.87. The van der Waals surface area contributed by atoms with Gasteiger partial charge in [0, 0.05) is 21.9 Å². The number of furan rings is 1. The van der Waals surface area contributed by atoms with Crippen LogP contribution in [0.2, 0.25) is 0 Å². The second-order valence-electron chi connectivity index (χ2n) is 13.2. The molecule has 0 aliphatic heterocycles. The number of nitrogens with zero attached hydrogens (tertiary/aromatic N) is 3. The van der Waals surface area contributed by atoms with E-state index >= 15 is 0 Å². The molecule has 222 valence electrons. The molecule has 0 fully saturated rings. The van der Waals surface area contributed by atoms with Crippen molar-refractivity contribution < 1.29 is 4.42 Å². The van der Waals surface area contributed by atoms with Crippen molar-refractivity contribution >= 4 is 54.6 Å². The van der Waals surface area contributed by atoms with E-state index in [4.69, 9.17) is 14.4 Å². The quantitative estimate of drug-likeness (QED) is 0.201. The molecular formula is C41H37N3O. The van der Waals surface area contributed by atoms with Crippen molar-refractivity contribution in [2.75, 3.05) is 0 Å². The summed E-state index contributed by atoms with van der Waals surface area (Å²) in [6, 6.07) is 34.9. The van der Waals surface area contributed by atoms with E-state index in [-0.39, 0.29) is 5.92 Å². The molecule has 45 heavy (non-hydrogen) atoms. The number of para-hydroxylation sites is 1. The first kappa shape index (κ1) is 27.6. The zero-order valence-corrected chi connectivity index (χ0v) is 26.7. The molecule has 0 spiro atoms. The van der Waals surface area contributed by atoms with Gasteiger partial charge in [0.05, 0.1) is 22.3 Å². The van der Waals surface area contributed by atoms with Crippen LogP contribution < -0.4 is 0 Å². The summed E-state index contributed by atoms with van der Waals surface area (Å²) >= 11 is 0. The van der Waals surface area contributed by atoms with E-state index in [1.165, 1.54) is 38.4 Å². The van der Waals surface area contributed by atoms with Crippen LogP contribution in [0.15, 0.2) is 101 Å². The summed E-state index contributed by atoms with van der Waals surface area (Å²) in [6.45, 7) is 13.5. The predicted molar refractivity (Wildman–Crippen MR) is 189 cm³/mol. The summed E-state index contributed by atoms with van der Waals surface area (Å²) in [4.78, 5) is 10.4. The van der Waals surface area contributed by atoms with Crippen LogP contribution in [0.3, 0.4) is 0 Å². The summed E-state index contributed by atoms with van der Waals surface area (Å²) in [7, 11) is 0. The minimum atomic E-state index is 0.282. The van der Waals surface area contributed by atoms with Crippen LogP contribution in [0, 0.1) is 0 Å². The van der Waals surface area contributed by atoms with Crippen molar-refractivity contribution in [1.29, 1.82) is 0 Å². The normalized spacial score (nSPS) is 12.4. The Morgan fingerprint density at radius 1 is 0.600 bits per heavy atom. The Hall–Kier alpha value is -4.96. The minimum absolute atomic E-state index is 0.282. The summed E-state index contributed by atoms with van der Waals surface area (Å²) in [6.07, 6.45) is 0. The molecule has 0 radical (unpaired) electrons. The Morgan fingerprint density at radius 3 is 2.09 bits per heavy atom. The Kier molecular flexibility index (Phi) is 6.32. The number of hydrogen-bond donors (Lipinski definition) is 0. The number of aromatic nitrogens is 3. The molecule has 0 bridgehead atoms. The third-order valence-corrected chi connectivity index (χ3v) is 9.27. The predicted octanol–water partition coefficient (Wildman–Crippen LogP) is 11.7. The van der Waals surface area contributed by atoms with Crippen molar-refractivity contribution in [1.82, 2.24) is 14.5 Å². The molecule has 8 aromatic rings. The first-order valence-corrected chi connectivity index (χ1v) is 16.1. The lowest BCUT2D eigenvalue weighted by Crippen LogP contribution is -2.10. The molecular weight excluding hydrogens is 550 g/mol. The van der Waals surface area contributed by atoms with Gasteiger partial charge in [0.15, 0.2) is 0 Å². The highest BCUT2D eigenvalue weighted by atomic mass is 16.3. The van der Waals surface area contributed by atoms with Crippen LogP contribution in [0.25, 0.3) is 71.7 Å². The minimum Gasteiger partial charge on any atom is -0.437 e. The van der Waals surface area contributed by atoms with Gasteiger partial charge in [-0.1, -0.05) is 108 Å². The summed E-state index contributed by atoms with van der Waals surface area (Å²) < 4.78 is 9.11. The van der Waals surface area contributed by atoms with E-state index in [0.717, 1.165) is 44.5 Å². The maximum absolute atomic E-state index is 6.66. The monoisotopic (exact) mass is 587 g/mol. The third-order valence-electron chi connectivity index (χ3n) is 9.27. The van der Waals surface area contributed by atoms with Crippen LogP contribution in [0.5, 0.6) is 0 Å². The van der Waals surface area contributed by atoms with Gasteiger partial charge in [0.2, 0.25) is 5.71 Å². The molecule has 3 aromatic heterocycles. The zero-order chi connectivity index (χ0) is 31.0. The molecule has 3 heterocycles. The highest BCUT2D eigenvalue weighted by molar-refractivity contribution is 6.11. The maximum atomic E-state index is 6.66. The maximum Gasteiger partial charge on any atom is 0.227 e. The van der Waals surface area contributed by atoms with E-state index in [9.17, 15) is 0 Å². The van der Waals surface area contributed by atoms with E-state index < -0.39 is 0 Å². The fraction of sp³-hybridized carbons (Fsp3) is 0.220. The van der Waals surface area contributed by atoms with Gasteiger partial charge in [0.25, 0.3) is 0 Å². The molecule has 0 saturated heterocycles. The van der Waals surface area contributed by atoms with Gasteiger partial charge in [-0.05, 0) is 75.4 Å². The molecule has 0 saturated carbocycles. The second kappa shape index (κ2) is 10.3. The lowest BCUT2D eigenvalue weighted by Gasteiger charge is -2.25. The van der Waals surface area contributed by atoms with Gasteiger partial charge in [-0.25, -0.2) is 9.97 Å². The highest BCUT2D eigenvalue weighted by Crippen LogP contribution is 2.44. The Bertz CT molecular complexity index is 2420. The van der Waals surface area contributed by atoms with Gasteiger partial charge in [-0.15, -0.1) is 0 Å². The molecule has 8 rings (SSSR count). The summed E-state index contributed by atoms with van der Waals surface area (Å²) in [5.41, 5.74) is 9.45. The van der Waals surface area contributed by atoms with Crippen molar-refractivity contribution in [3.05, 3.63) is 114 Å². The summed E-state index contributed by atoms with van der Waals surface area (Å²) in [5, 5.41) is 7.03. The average Bonchev–Trinajstić information content (AvgIpc) is 3.62. The smallest absolute Gasteiger partial charge is 0.227 e. The Labute approximate surface area is 263 Å². The fourth-order valence-electron chi connectivity index (χ4n) is 7.09. The number of rotatable bonds is 5. The molecule has 5 aromatic carbocycles. The molecule has 4 heteroatoms. The molecule has 0 aliphatic carbocycles. The SMILES string of the molecule is CC(C)c1ccc2c(n1)oc1c(-c3nc4ccc5ccccc5c4n3-c3c(C(C)C)cc4ccccc4c3C(C)C)cccc12. The Balaban J connectivity index is 1.57. The molecule has 0 unspecified atom stereocenters. The van der Waals surface area contributed by atoms with Gasteiger partial charge >= 0.3 is 0 Å². The first-order chi connectivity index (χ1) is 21.8. The molecule has 0 amide bonds. The number of imidazole rings is 1. The second-order valence-corrected chi connectivity index (χ2v) is 13.2. The van der Waals surface area contributed by atoms with Crippen molar-refractivity contribution in [3.63, 3.8) is 0 Å². The average molecular weight is 588 g/mol. The number of fused-ring (bicyclic) bond motifs is 7. The van der Waals surface area contributed by atoms with Crippen molar-refractivity contribution in [3.8, 4) is 17.1 Å². The van der Waals surface area contributed by atoms with Gasteiger partial charge < -0.3 is 4.42 Å². The largest absolute Gasteiger partial charge is 0.437 e. The first-order valence-electron chi connectivity index (χ1n) is 16.1. The molecule has 0 atom stereocenters. The van der Waals surface area contributed by atoms with Crippen LogP contribution >= 0.6 is 0 Å². The van der Waals surface area contributed by atoms with Crippen molar-refractivity contribution in [2.24, 2.45) is 0 Å². The van der Waals surface area contributed by atoms with E-state index in [1.54, 1.807) is 0 Å². The van der Waals surface area contributed by atoms with E-state index in [1.807, 2.05) is 0 Å². The number of benzene rings is 5. The van der Waals surface area contributed by atoms with Gasteiger partial charge in [0.1, 0.15) is 11.4 Å². The van der Waals surface area contributed by atoms with Crippen molar-refractivity contribution in [2.45, 2.75) is 59.3 Å². The molecule has 0 aliphatic rings. The summed E-state index contributed by atoms with van der Waals surface area (Å²) in [5.74, 6) is 1.78. The van der Waals surface area contributed by atoms with E-state index in [2.05, 4.69) is 143 Å². The van der Waals surface area contributed by atoms with Gasteiger partial charge in [-0.2, -0.15) is 0 Å². The fourth-order valence-corrected chi connectivity index (χ4v) is 7.09. The Morgan fingerprint density at radius 2 is 1.33 bits per heavy atom. The number of pyridine rings is 1. The van der Waals surface area contributed by atoms with Crippen LogP contribution in [0.1, 0.15) is 76.1 Å². The highest BCUT2D eigenvalue weighted by Gasteiger charge is 2.27. The third kappa shape index (κ3) is 4.19. The molecule has 0 N–H and O–H groups in total. The van der Waals surface area contributed by atoms with E-state index in [0.29, 0.717) is 17.5 Å². The standard InChI is InChI=1S/C41H37N3O/c1-23(2)33-22-27-13-8-9-14-28(27)36(25(5)6)38(33)44-37-29-15-10-7-12-26(29)18-20-35(37)42-40(44)32-17-11-16-30-31-19-21-34(24(3)4)43-41(31)45-39(30)32/h7-25H,1-6H3. The van der Waals surface area contributed by atoms with Crippen LogP contribution in [-0.4, -0.2) is 14.5 Å². The topological polar surface area (TPSA) is 43.9 Å². The van der Waals surface area contributed by atoms with Gasteiger partial charge in [-0.3, -0.25) is 4.57 Å². The lowest BCUT2D eigenvalue weighted by molar-refractivity contribution is 0.648. The van der Waals surface area contributed by atoms with Crippen LogP contribution in [0.4, 0.5) is 0 Å².